The normalized spacial score (nSPS) is 12.0. The lowest BCUT2D eigenvalue weighted by atomic mass is 9.96. The van der Waals surface area contributed by atoms with Crippen molar-refractivity contribution in [3.63, 3.8) is 0 Å². The van der Waals surface area contributed by atoms with Gasteiger partial charge in [0.05, 0.1) is 67.8 Å². The number of aromatic nitrogens is 2. The van der Waals surface area contributed by atoms with Crippen LogP contribution in [0, 0.1) is 22.7 Å². The molecule has 2 heterocycles. The van der Waals surface area contributed by atoms with Crippen molar-refractivity contribution < 1.29 is 26.3 Å². The molecule has 4 nitrogen and oxygen atoms in total. The number of halogens is 6. The minimum Gasteiger partial charge on any atom is -0.309 e. The molecule has 0 bridgehead atoms. The van der Waals surface area contributed by atoms with E-state index < -0.39 is 23.5 Å². The van der Waals surface area contributed by atoms with Gasteiger partial charge >= 0.3 is 12.4 Å². The summed E-state index contributed by atoms with van der Waals surface area (Å²) in [6.45, 7) is 0. The summed E-state index contributed by atoms with van der Waals surface area (Å²) in [5.41, 5.74) is 4.41. The lowest BCUT2D eigenvalue weighted by molar-refractivity contribution is -0.138. The molecule has 0 saturated heterocycles. The predicted octanol–water partition coefficient (Wildman–Crippen LogP) is 14.7. The van der Waals surface area contributed by atoms with E-state index in [0.29, 0.717) is 54.7 Å². The van der Waals surface area contributed by atoms with E-state index in [-0.39, 0.29) is 22.5 Å². The van der Waals surface area contributed by atoms with E-state index in [4.69, 9.17) is 0 Å². The lowest BCUT2D eigenvalue weighted by Crippen LogP contribution is -2.11. The molecule has 62 heavy (non-hydrogen) atoms. The summed E-state index contributed by atoms with van der Waals surface area (Å²) in [4.78, 5) is 0. The van der Waals surface area contributed by atoms with Crippen LogP contribution in [0.3, 0.4) is 0 Å². The Labute approximate surface area is 350 Å². The van der Waals surface area contributed by atoms with Crippen molar-refractivity contribution in [1.82, 2.24) is 9.13 Å². The van der Waals surface area contributed by atoms with Crippen LogP contribution in [0.5, 0.6) is 0 Å². The van der Waals surface area contributed by atoms with Crippen molar-refractivity contribution in [3.8, 4) is 56.9 Å². The van der Waals surface area contributed by atoms with Gasteiger partial charge in [-0.15, -0.1) is 0 Å². The molecule has 0 fully saturated rings. The van der Waals surface area contributed by atoms with Crippen LogP contribution >= 0.6 is 0 Å². The van der Waals surface area contributed by atoms with Gasteiger partial charge in [0.2, 0.25) is 0 Å². The zero-order valence-electron chi connectivity index (χ0n) is 32.2. The molecule has 0 saturated carbocycles. The van der Waals surface area contributed by atoms with Gasteiger partial charge in [0, 0.05) is 27.1 Å². The van der Waals surface area contributed by atoms with Crippen LogP contribution in [0.25, 0.3) is 88.4 Å². The number of para-hydroxylation sites is 2. The quantitative estimate of drug-likeness (QED) is 0.162. The van der Waals surface area contributed by atoms with E-state index in [1.165, 1.54) is 12.1 Å². The number of benzene rings is 8. The first-order chi connectivity index (χ1) is 29.9. The molecule has 0 radical (unpaired) electrons. The number of rotatable bonds is 5. The van der Waals surface area contributed by atoms with Crippen molar-refractivity contribution in [2.75, 3.05) is 0 Å². The fraction of sp³-hybridized carbons (Fsp3) is 0.0385. The minimum atomic E-state index is -4.87. The van der Waals surface area contributed by atoms with Gasteiger partial charge < -0.3 is 9.13 Å². The maximum absolute atomic E-state index is 15.4. The molecule has 0 N–H and O–H groups in total. The highest BCUT2D eigenvalue weighted by Gasteiger charge is 2.35. The van der Waals surface area contributed by atoms with Crippen molar-refractivity contribution in [2.24, 2.45) is 0 Å². The molecule has 0 spiro atoms. The number of alkyl halides is 6. The zero-order valence-corrected chi connectivity index (χ0v) is 32.2. The van der Waals surface area contributed by atoms with Gasteiger partial charge in [-0.25, -0.2) is 0 Å². The number of nitriles is 2. The van der Waals surface area contributed by atoms with Crippen molar-refractivity contribution >= 4 is 43.6 Å². The van der Waals surface area contributed by atoms with E-state index in [0.717, 1.165) is 46.5 Å². The molecule has 0 aliphatic heterocycles. The second kappa shape index (κ2) is 14.3. The highest BCUT2D eigenvalue weighted by atomic mass is 19.4. The van der Waals surface area contributed by atoms with Crippen molar-refractivity contribution in [3.05, 3.63) is 192 Å². The summed E-state index contributed by atoms with van der Waals surface area (Å²) in [5, 5.41) is 22.0. The Morgan fingerprint density at radius 1 is 0.355 bits per heavy atom. The molecule has 10 rings (SSSR count). The standard InChI is InChI=1S/C52H28F6N4/c53-51(54,55)38-13-7-12-37(24-38)50-48(61-44-16-3-1-14-40(44)42-25-35(18-20-46(42)61)33-10-5-8-31(22-33)29-59)27-39(52(56,57)58)28-49(50)62-45-17-4-2-15-41(45)43-26-36(19-21-47(43)62)34-11-6-9-32(23-34)30-60/h1-28H. The fourth-order valence-electron chi connectivity index (χ4n) is 8.64. The molecule has 0 aliphatic rings. The van der Waals surface area contributed by atoms with Crippen LogP contribution in [0.2, 0.25) is 0 Å². The Hall–Kier alpha value is -8.08. The van der Waals surface area contributed by atoms with Gasteiger partial charge in [-0.2, -0.15) is 36.9 Å². The maximum Gasteiger partial charge on any atom is 0.416 e. The smallest absolute Gasteiger partial charge is 0.309 e. The third-order valence-electron chi connectivity index (χ3n) is 11.4. The molecule has 10 heteroatoms. The fourth-order valence-corrected chi connectivity index (χ4v) is 8.64. The number of nitrogens with zero attached hydrogens (tertiary/aromatic N) is 4. The second-order valence-electron chi connectivity index (χ2n) is 15.0. The average molecular weight is 823 g/mol. The Kier molecular flexibility index (Phi) is 8.79. The first-order valence-corrected chi connectivity index (χ1v) is 19.4. The first-order valence-electron chi connectivity index (χ1n) is 19.4. The zero-order chi connectivity index (χ0) is 42.9. The molecular weight excluding hydrogens is 795 g/mol. The molecule has 0 unspecified atom stereocenters. The molecule has 8 aromatic carbocycles. The van der Waals surface area contributed by atoms with E-state index in [1.54, 1.807) is 81.9 Å². The van der Waals surface area contributed by atoms with Crippen LogP contribution in [0.15, 0.2) is 170 Å². The Morgan fingerprint density at radius 3 is 1.24 bits per heavy atom. The predicted molar refractivity (Wildman–Crippen MR) is 231 cm³/mol. The minimum absolute atomic E-state index is 0.0236. The number of fused-ring (bicyclic) bond motifs is 6. The van der Waals surface area contributed by atoms with Gasteiger partial charge in [-0.3, -0.25) is 0 Å². The molecule has 0 amide bonds. The molecule has 2 aromatic heterocycles. The van der Waals surface area contributed by atoms with Gasteiger partial charge in [-0.05, 0) is 113 Å². The highest BCUT2D eigenvalue weighted by molar-refractivity contribution is 6.13. The summed E-state index contributed by atoms with van der Waals surface area (Å²) < 4.78 is 93.3. The summed E-state index contributed by atoms with van der Waals surface area (Å²) in [6.07, 6.45) is -9.62. The van der Waals surface area contributed by atoms with Crippen LogP contribution < -0.4 is 0 Å². The highest BCUT2D eigenvalue weighted by Crippen LogP contribution is 2.47. The van der Waals surface area contributed by atoms with Gasteiger partial charge in [0.25, 0.3) is 0 Å². The second-order valence-corrected chi connectivity index (χ2v) is 15.0. The first kappa shape index (κ1) is 38.1. The molecular formula is C52H28F6N4. The Balaban J connectivity index is 1.34. The Morgan fingerprint density at radius 2 is 0.774 bits per heavy atom. The Bertz CT molecular complexity index is 3340. The summed E-state index contributed by atoms with van der Waals surface area (Å²) >= 11 is 0. The van der Waals surface area contributed by atoms with Crippen LogP contribution in [0.4, 0.5) is 26.3 Å². The van der Waals surface area contributed by atoms with Gasteiger partial charge in [-0.1, -0.05) is 84.9 Å². The summed E-state index contributed by atoms with van der Waals surface area (Å²) in [5.74, 6) is 0. The summed E-state index contributed by atoms with van der Waals surface area (Å²) in [7, 11) is 0. The van der Waals surface area contributed by atoms with Gasteiger partial charge in [0.1, 0.15) is 0 Å². The van der Waals surface area contributed by atoms with Crippen LogP contribution in [-0.4, -0.2) is 9.13 Å². The van der Waals surface area contributed by atoms with E-state index in [9.17, 15) is 23.7 Å². The SMILES string of the molecule is N#Cc1cccc(-c2ccc3c(c2)c2ccccc2n3-c2cc(C(F)(F)F)cc(-n3c4ccccc4c4cc(-c5cccc(C#N)c5)ccc43)c2-c2cccc(C(F)(F)F)c2)c1. The maximum atomic E-state index is 15.4. The van der Waals surface area contributed by atoms with Crippen molar-refractivity contribution in [2.45, 2.75) is 12.4 Å². The van der Waals surface area contributed by atoms with Crippen LogP contribution in [-0.2, 0) is 12.4 Å². The third-order valence-corrected chi connectivity index (χ3v) is 11.4. The van der Waals surface area contributed by atoms with E-state index in [2.05, 4.69) is 12.1 Å². The summed E-state index contributed by atoms with van der Waals surface area (Å²) in [6, 6.07) is 50.7. The lowest BCUT2D eigenvalue weighted by Gasteiger charge is -2.23. The number of hydrogen-bond donors (Lipinski definition) is 0. The molecule has 0 aliphatic carbocycles. The van der Waals surface area contributed by atoms with E-state index >= 15 is 13.2 Å². The molecule has 0 atom stereocenters. The van der Waals surface area contributed by atoms with Crippen molar-refractivity contribution in [1.29, 1.82) is 10.5 Å². The molecule has 10 aromatic rings. The van der Waals surface area contributed by atoms with E-state index in [1.807, 2.05) is 60.7 Å². The third kappa shape index (κ3) is 6.32. The van der Waals surface area contributed by atoms with Crippen LogP contribution in [0.1, 0.15) is 22.3 Å². The van der Waals surface area contributed by atoms with Gasteiger partial charge in [0.15, 0.2) is 0 Å². The average Bonchev–Trinajstić information content (AvgIpc) is 3.80. The number of hydrogen-bond acceptors (Lipinski definition) is 2. The largest absolute Gasteiger partial charge is 0.416 e. The molecule has 298 valence electrons. The monoisotopic (exact) mass is 822 g/mol. The topological polar surface area (TPSA) is 57.4 Å².